The zero-order valence-corrected chi connectivity index (χ0v) is 9.97. The Bertz CT molecular complexity index is 293. The lowest BCUT2D eigenvalue weighted by atomic mass is 10.4. The van der Waals surface area contributed by atoms with Crippen LogP contribution in [0.2, 0.25) is 0 Å². The molecule has 0 aliphatic heterocycles. The minimum absolute atomic E-state index is 0.584. The van der Waals surface area contributed by atoms with Gasteiger partial charge >= 0.3 is 0 Å². The molecule has 0 aromatic carbocycles. The molecule has 0 aliphatic carbocycles. The smallest absolute Gasteiger partial charge is 0.233 e. The van der Waals surface area contributed by atoms with Gasteiger partial charge in [0.25, 0.3) is 0 Å². The van der Waals surface area contributed by atoms with E-state index in [1.165, 1.54) is 6.33 Å². The largest absolute Gasteiger partial charge is 0.477 e. The number of aromatic nitrogens is 2. The number of rotatable bonds is 5. The van der Waals surface area contributed by atoms with Crippen molar-refractivity contribution in [3.63, 3.8) is 0 Å². The van der Waals surface area contributed by atoms with Gasteiger partial charge in [-0.15, -0.1) is 0 Å². The maximum absolute atomic E-state index is 5.32. The molecule has 78 valence electrons. The van der Waals surface area contributed by atoms with Crippen LogP contribution in [-0.2, 0) is 0 Å². The highest BCUT2D eigenvalue weighted by Crippen LogP contribution is 2.28. The second-order valence-electron chi connectivity index (χ2n) is 2.70. The van der Waals surface area contributed by atoms with Crippen molar-refractivity contribution in [2.75, 3.05) is 18.5 Å². The Morgan fingerprint density at radius 1 is 1.43 bits per heavy atom. The maximum Gasteiger partial charge on any atom is 0.233 e. The molecule has 0 aliphatic rings. The second kappa shape index (κ2) is 5.80. The number of halogens is 1. The normalized spacial score (nSPS) is 9.93. The minimum Gasteiger partial charge on any atom is -0.477 e. The number of hydrogen-bond acceptors (Lipinski definition) is 4. The molecule has 1 aromatic heterocycles. The third-order valence-electron chi connectivity index (χ3n) is 1.58. The van der Waals surface area contributed by atoms with Crippen molar-refractivity contribution in [2.45, 2.75) is 20.3 Å². The first kappa shape index (κ1) is 11.2. The first-order chi connectivity index (χ1) is 6.79. The minimum atomic E-state index is 0.584. The van der Waals surface area contributed by atoms with Crippen molar-refractivity contribution >= 4 is 21.7 Å². The van der Waals surface area contributed by atoms with Crippen LogP contribution in [0.15, 0.2) is 10.8 Å². The predicted molar refractivity (Wildman–Crippen MR) is 59.7 cm³/mol. The summed E-state index contributed by atoms with van der Waals surface area (Å²) in [4.78, 5) is 8.13. The fraction of sp³-hybridized carbons (Fsp3) is 0.556. The SMILES string of the molecule is CCCNc1ncnc(OCC)c1Br. The second-order valence-corrected chi connectivity index (χ2v) is 3.49. The summed E-state index contributed by atoms with van der Waals surface area (Å²) in [5.74, 6) is 1.37. The molecule has 1 N–H and O–H groups in total. The van der Waals surface area contributed by atoms with E-state index in [1.807, 2.05) is 6.92 Å². The summed E-state index contributed by atoms with van der Waals surface area (Å²) in [5.41, 5.74) is 0. The van der Waals surface area contributed by atoms with E-state index in [0.717, 1.165) is 23.3 Å². The lowest BCUT2D eigenvalue weighted by Crippen LogP contribution is -2.05. The Kier molecular flexibility index (Phi) is 4.65. The van der Waals surface area contributed by atoms with Gasteiger partial charge in [-0.25, -0.2) is 9.97 Å². The van der Waals surface area contributed by atoms with Gasteiger partial charge in [-0.05, 0) is 29.3 Å². The Balaban J connectivity index is 2.78. The third kappa shape index (κ3) is 2.83. The molecule has 5 heteroatoms. The first-order valence-corrected chi connectivity index (χ1v) is 5.46. The van der Waals surface area contributed by atoms with Gasteiger partial charge in [-0.2, -0.15) is 0 Å². The van der Waals surface area contributed by atoms with E-state index in [-0.39, 0.29) is 0 Å². The molecule has 4 nitrogen and oxygen atoms in total. The molecule has 0 atom stereocenters. The van der Waals surface area contributed by atoms with Crippen molar-refractivity contribution in [1.29, 1.82) is 0 Å². The van der Waals surface area contributed by atoms with Crippen molar-refractivity contribution in [1.82, 2.24) is 9.97 Å². The summed E-state index contributed by atoms with van der Waals surface area (Å²) in [6.07, 6.45) is 2.55. The number of nitrogens with one attached hydrogen (secondary N) is 1. The average molecular weight is 260 g/mol. The molecular weight excluding hydrogens is 246 g/mol. The van der Waals surface area contributed by atoms with Crippen LogP contribution >= 0.6 is 15.9 Å². The monoisotopic (exact) mass is 259 g/mol. The van der Waals surface area contributed by atoms with Crippen LogP contribution in [0.1, 0.15) is 20.3 Å². The van der Waals surface area contributed by atoms with Crippen molar-refractivity contribution < 1.29 is 4.74 Å². The Morgan fingerprint density at radius 2 is 2.21 bits per heavy atom. The van der Waals surface area contributed by atoms with E-state index in [0.29, 0.717) is 12.5 Å². The lowest BCUT2D eigenvalue weighted by molar-refractivity contribution is 0.324. The Morgan fingerprint density at radius 3 is 2.86 bits per heavy atom. The van der Waals surface area contributed by atoms with E-state index >= 15 is 0 Å². The lowest BCUT2D eigenvalue weighted by Gasteiger charge is -2.09. The molecule has 0 amide bonds. The molecular formula is C9H14BrN3O. The molecule has 0 bridgehead atoms. The third-order valence-corrected chi connectivity index (χ3v) is 2.30. The summed E-state index contributed by atoms with van der Waals surface area (Å²) < 4.78 is 6.11. The summed E-state index contributed by atoms with van der Waals surface area (Å²) in [5, 5.41) is 3.18. The van der Waals surface area contributed by atoms with Gasteiger partial charge in [-0.3, -0.25) is 0 Å². The van der Waals surface area contributed by atoms with E-state index in [4.69, 9.17) is 4.74 Å². The standard InChI is InChI=1S/C9H14BrN3O/c1-3-5-11-8-7(10)9(14-4-2)13-6-12-8/h6H,3-5H2,1-2H3,(H,11,12,13). The quantitative estimate of drug-likeness (QED) is 0.883. The molecule has 1 rings (SSSR count). The van der Waals surface area contributed by atoms with Gasteiger partial charge in [0.05, 0.1) is 6.61 Å². The fourth-order valence-electron chi connectivity index (χ4n) is 0.958. The van der Waals surface area contributed by atoms with Crippen LogP contribution in [0.25, 0.3) is 0 Å². The molecule has 0 radical (unpaired) electrons. The highest BCUT2D eigenvalue weighted by Gasteiger charge is 2.08. The van der Waals surface area contributed by atoms with Crippen LogP contribution in [-0.4, -0.2) is 23.1 Å². The van der Waals surface area contributed by atoms with Crippen LogP contribution < -0.4 is 10.1 Å². The summed E-state index contributed by atoms with van der Waals surface area (Å²) >= 11 is 3.40. The highest BCUT2D eigenvalue weighted by molar-refractivity contribution is 9.10. The van der Waals surface area contributed by atoms with E-state index in [2.05, 4.69) is 38.1 Å². The van der Waals surface area contributed by atoms with E-state index < -0.39 is 0 Å². The number of hydrogen-bond donors (Lipinski definition) is 1. The molecule has 1 aromatic rings. The van der Waals surface area contributed by atoms with Crippen molar-refractivity contribution in [2.24, 2.45) is 0 Å². The van der Waals surface area contributed by atoms with Crippen LogP contribution in [0.3, 0.4) is 0 Å². The molecule has 1 heterocycles. The van der Waals surface area contributed by atoms with Crippen LogP contribution in [0.5, 0.6) is 5.88 Å². The molecule has 0 saturated heterocycles. The molecule has 0 saturated carbocycles. The summed E-state index contributed by atoms with van der Waals surface area (Å²) in [6.45, 7) is 5.52. The van der Waals surface area contributed by atoms with Crippen molar-refractivity contribution in [3.8, 4) is 5.88 Å². The molecule has 0 spiro atoms. The van der Waals surface area contributed by atoms with Gasteiger partial charge in [0.1, 0.15) is 16.6 Å². The first-order valence-electron chi connectivity index (χ1n) is 4.66. The van der Waals surface area contributed by atoms with Gasteiger partial charge in [0.2, 0.25) is 5.88 Å². The Hall–Kier alpha value is -0.840. The average Bonchev–Trinajstić information content (AvgIpc) is 2.20. The topological polar surface area (TPSA) is 47.0 Å². The Labute approximate surface area is 92.2 Å². The van der Waals surface area contributed by atoms with Gasteiger partial charge in [0.15, 0.2) is 0 Å². The molecule has 0 unspecified atom stereocenters. The number of nitrogens with zero attached hydrogens (tertiary/aromatic N) is 2. The van der Waals surface area contributed by atoms with E-state index in [1.54, 1.807) is 0 Å². The van der Waals surface area contributed by atoms with E-state index in [9.17, 15) is 0 Å². The highest BCUT2D eigenvalue weighted by atomic mass is 79.9. The van der Waals surface area contributed by atoms with Gasteiger partial charge in [0, 0.05) is 6.54 Å². The zero-order chi connectivity index (χ0) is 10.4. The summed E-state index contributed by atoms with van der Waals surface area (Å²) in [7, 11) is 0. The number of ether oxygens (including phenoxy) is 1. The fourth-order valence-corrected chi connectivity index (χ4v) is 1.42. The van der Waals surface area contributed by atoms with Crippen LogP contribution in [0, 0.1) is 0 Å². The zero-order valence-electron chi connectivity index (χ0n) is 8.38. The van der Waals surface area contributed by atoms with Crippen LogP contribution in [0.4, 0.5) is 5.82 Å². The van der Waals surface area contributed by atoms with Gasteiger partial charge in [-0.1, -0.05) is 6.92 Å². The summed E-state index contributed by atoms with van der Waals surface area (Å²) in [6, 6.07) is 0. The molecule has 14 heavy (non-hydrogen) atoms. The maximum atomic E-state index is 5.32. The number of anilines is 1. The van der Waals surface area contributed by atoms with Crippen molar-refractivity contribution in [3.05, 3.63) is 10.8 Å². The molecule has 0 fully saturated rings. The predicted octanol–water partition coefficient (Wildman–Crippen LogP) is 2.46. The van der Waals surface area contributed by atoms with Gasteiger partial charge < -0.3 is 10.1 Å².